The van der Waals surface area contributed by atoms with E-state index in [9.17, 15) is 22.8 Å². The van der Waals surface area contributed by atoms with Crippen molar-refractivity contribution in [3.05, 3.63) is 81.0 Å². The van der Waals surface area contributed by atoms with Crippen molar-refractivity contribution in [1.29, 1.82) is 5.41 Å². The maximum absolute atomic E-state index is 13.0. The van der Waals surface area contributed by atoms with E-state index in [1.807, 2.05) is 0 Å². The van der Waals surface area contributed by atoms with Gasteiger partial charge in [-0.2, -0.15) is 13.2 Å². The standard InChI is InChI=1S/C22H16ClF3N4O2S/c23-14-3-1-2-4-15(14)29-17(11-18(27)22(24,25)26)12-5-7-13(8-6-12)21(32)30-16-9-10-33-19(16)20(28)31/h1-10,27H,11H2,(H2,28,31)(H,30,32). The van der Waals surface area contributed by atoms with Gasteiger partial charge in [0, 0.05) is 12.0 Å². The molecule has 0 aliphatic heterocycles. The van der Waals surface area contributed by atoms with Gasteiger partial charge < -0.3 is 16.5 Å². The number of primary amides is 1. The first-order chi connectivity index (χ1) is 15.6. The van der Waals surface area contributed by atoms with E-state index in [0.717, 1.165) is 11.3 Å². The van der Waals surface area contributed by atoms with Crippen LogP contribution in [0.3, 0.4) is 0 Å². The van der Waals surface area contributed by atoms with Crippen LogP contribution in [0.25, 0.3) is 0 Å². The predicted molar refractivity (Wildman–Crippen MR) is 123 cm³/mol. The van der Waals surface area contributed by atoms with Crippen LogP contribution in [0.2, 0.25) is 5.02 Å². The van der Waals surface area contributed by atoms with Crippen molar-refractivity contribution in [2.75, 3.05) is 5.32 Å². The Morgan fingerprint density at radius 3 is 2.30 bits per heavy atom. The molecule has 0 bridgehead atoms. The van der Waals surface area contributed by atoms with E-state index in [0.29, 0.717) is 0 Å². The Hall–Kier alpha value is -3.50. The van der Waals surface area contributed by atoms with Crippen LogP contribution in [0, 0.1) is 5.41 Å². The Balaban J connectivity index is 1.89. The molecule has 0 radical (unpaired) electrons. The molecule has 11 heteroatoms. The molecule has 3 rings (SSSR count). The number of alkyl halides is 3. The topological polar surface area (TPSA) is 108 Å². The molecule has 170 valence electrons. The minimum Gasteiger partial charge on any atom is -0.365 e. The number of nitrogens with one attached hydrogen (secondary N) is 2. The molecule has 0 aliphatic rings. The number of anilines is 1. The van der Waals surface area contributed by atoms with E-state index in [1.165, 1.54) is 30.3 Å². The van der Waals surface area contributed by atoms with Gasteiger partial charge in [-0.3, -0.25) is 14.6 Å². The van der Waals surface area contributed by atoms with Crippen LogP contribution in [0.1, 0.15) is 32.0 Å². The third-order valence-corrected chi connectivity index (χ3v) is 5.66. The number of amides is 2. The van der Waals surface area contributed by atoms with Crippen LogP contribution in [0.4, 0.5) is 24.5 Å². The Morgan fingerprint density at radius 1 is 1.06 bits per heavy atom. The highest BCUT2D eigenvalue weighted by Crippen LogP contribution is 2.27. The fourth-order valence-corrected chi connectivity index (χ4v) is 3.65. The largest absolute Gasteiger partial charge is 0.429 e. The minimum absolute atomic E-state index is 0.0359. The first-order valence-corrected chi connectivity index (χ1v) is 10.6. The Morgan fingerprint density at radius 2 is 1.70 bits per heavy atom. The van der Waals surface area contributed by atoms with Crippen LogP contribution >= 0.6 is 22.9 Å². The Kier molecular flexibility index (Phi) is 7.29. The van der Waals surface area contributed by atoms with Crippen molar-refractivity contribution < 1.29 is 22.8 Å². The number of benzene rings is 2. The molecule has 0 fully saturated rings. The lowest BCUT2D eigenvalue weighted by Crippen LogP contribution is -2.25. The van der Waals surface area contributed by atoms with Gasteiger partial charge in [0.1, 0.15) is 10.6 Å². The van der Waals surface area contributed by atoms with Gasteiger partial charge in [0.15, 0.2) is 0 Å². The van der Waals surface area contributed by atoms with Crippen LogP contribution in [0.15, 0.2) is 65.0 Å². The summed E-state index contributed by atoms with van der Waals surface area (Å²) < 4.78 is 39.0. The highest BCUT2D eigenvalue weighted by molar-refractivity contribution is 7.12. The summed E-state index contributed by atoms with van der Waals surface area (Å²) in [6.45, 7) is 0. The summed E-state index contributed by atoms with van der Waals surface area (Å²) in [5, 5.41) is 11.8. The Labute approximate surface area is 195 Å². The smallest absolute Gasteiger partial charge is 0.365 e. The molecule has 0 unspecified atom stereocenters. The van der Waals surface area contributed by atoms with Crippen LogP contribution < -0.4 is 11.1 Å². The average Bonchev–Trinajstić information content (AvgIpc) is 3.22. The number of nitrogens with zero attached hydrogens (tertiary/aromatic N) is 1. The molecule has 0 atom stereocenters. The monoisotopic (exact) mass is 492 g/mol. The van der Waals surface area contributed by atoms with Crippen molar-refractivity contribution in [3.63, 3.8) is 0 Å². The lowest BCUT2D eigenvalue weighted by atomic mass is 10.0. The third kappa shape index (κ3) is 6.05. The van der Waals surface area contributed by atoms with E-state index in [-0.39, 0.29) is 38.1 Å². The SMILES string of the molecule is N=C(CC(=Nc1ccccc1Cl)c1ccc(C(=O)Nc2ccsc2C(N)=O)cc1)C(F)(F)F. The second kappa shape index (κ2) is 9.97. The van der Waals surface area contributed by atoms with Gasteiger partial charge in [-0.25, -0.2) is 0 Å². The molecule has 0 saturated carbocycles. The first kappa shape index (κ1) is 24.1. The van der Waals surface area contributed by atoms with Crippen LogP contribution in [-0.2, 0) is 0 Å². The first-order valence-electron chi connectivity index (χ1n) is 9.32. The third-order valence-electron chi connectivity index (χ3n) is 4.41. The zero-order valence-electron chi connectivity index (χ0n) is 16.7. The second-order valence-electron chi connectivity index (χ2n) is 6.72. The molecule has 3 aromatic rings. The molecule has 1 aromatic heterocycles. The van der Waals surface area contributed by atoms with Crippen molar-refractivity contribution in [1.82, 2.24) is 0 Å². The number of nitrogens with two attached hydrogens (primary N) is 1. The van der Waals surface area contributed by atoms with Gasteiger partial charge in [0.25, 0.3) is 11.8 Å². The quantitative estimate of drug-likeness (QED) is 0.360. The molecule has 2 aromatic carbocycles. The maximum Gasteiger partial charge on any atom is 0.429 e. The zero-order valence-corrected chi connectivity index (χ0v) is 18.3. The number of para-hydroxylation sites is 1. The number of carbonyl (C=O) groups excluding carboxylic acids is 2. The van der Waals surface area contributed by atoms with Gasteiger partial charge in [-0.15, -0.1) is 11.3 Å². The van der Waals surface area contributed by atoms with Crippen molar-refractivity contribution in [2.45, 2.75) is 12.6 Å². The van der Waals surface area contributed by atoms with E-state index in [2.05, 4.69) is 10.3 Å². The molecule has 6 nitrogen and oxygen atoms in total. The number of aliphatic imine (C=N–C) groups is 1. The second-order valence-corrected chi connectivity index (χ2v) is 8.05. The van der Waals surface area contributed by atoms with Gasteiger partial charge in [-0.1, -0.05) is 35.9 Å². The summed E-state index contributed by atoms with van der Waals surface area (Å²) in [5.41, 5.74) is 4.77. The molecule has 1 heterocycles. The lowest BCUT2D eigenvalue weighted by molar-refractivity contribution is -0.0605. The fraction of sp³-hybridized carbons (Fsp3) is 0.0909. The number of carbonyl (C=O) groups is 2. The zero-order chi connectivity index (χ0) is 24.2. The normalized spacial score (nSPS) is 11.8. The predicted octanol–water partition coefficient (Wildman–Crippen LogP) is 5.85. The van der Waals surface area contributed by atoms with Gasteiger partial charge in [0.05, 0.1) is 22.1 Å². The molecule has 4 N–H and O–H groups in total. The summed E-state index contributed by atoms with van der Waals surface area (Å²) in [4.78, 5) is 28.4. The highest BCUT2D eigenvalue weighted by atomic mass is 35.5. The van der Waals surface area contributed by atoms with Crippen molar-refractivity contribution >= 4 is 57.6 Å². The number of halogens is 4. The van der Waals surface area contributed by atoms with Gasteiger partial charge in [-0.05, 0) is 41.3 Å². The summed E-state index contributed by atoms with van der Waals surface area (Å²) in [6.07, 6.45) is -5.59. The minimum atomic E-state index is -4.81. The summed E-state index contributed by atoms with van der Waals surface area (Å²) in [7, 11) is 0. The highest BCUT2D eigenvalue weighted by Gasteiger charge is 2.35. The molecular formula is C22H16ClF3N4O2S. The average molecular weight is 493 g/mol. The van der Waals surface area contributed by atoms with E-state index in [1.54, 1.807) is 29.6 Å². The summed E-state index contributed by atoms with van der Waals surface area (Å²) in [6, 6.07) is 13.6. The molecule has 33 heavy (non-hydrogen) atoms. The Bertz CT molecular complexity index is 1240. The van der Waals surface area contributed by atoms with Crippen molar-refractivity contribution in [2.24, 2.45) is 10.7 Å². The van der Waals surface area contributed by atoms with E-state index < -0.39 is 30.1 Å². The molecule has 0 aliphatic carbocycles. The molecule has 2 amide bonds. The lowest BCUT2D eigenvalue weighted by Gasteiger charge is -2.12. The summed E-state index contributed by atoms with van der Waals surface area (Å²) >= 11 is 7.17. The van der Waals surface area contributed by atoms with Gasteiger partial charge >= 0.3 is 6.18 Å². The van der Waals surface area contributed by atoms with E-state index >= 15 is 0 Å². The van der Waals surface area contributed by atoms with Crippen molar-refractivity contribution in [3.8, 4) is 0 Å². The number of rotatable bonds is 7. The number of hydrogen-bond donors (Lipinski definition) is 3. The van der Waals surface area contributed by atoms with Gasteiger partial charge in [0.2, 0.25) is 0 Å². The molecule has 0 spiro atoms. The van der Waals surface area contributed by atoms with E-state index in [4.69, 9.17) is 22.7 Å². The maximum atomic E-state index is 13.0. The summed E-state index contributed by atoms with van der Waals surface area (Å²) in [5.74, 6) is -1.21. The number of thiophene rings is 1. The fourth-order valence-electron chi connectivity index (χ4n) is 2.77. The number of hydrogen-bond acceptors (Lipinski definition) is 5. The van der Waals surface area contributed by atoms with Crippen LogP contribution in [-0.4, -0.2) is 29.4 Å². The molecular weight excluding hydrogens is 477 g/mol. The van der Waals surface area contributed by atoms with Crippen LogP contribution in [0.5, 0.6) is 0 Å². The molecule has 0 saturated heterocycles.